The number of H-pyrrole nitrogens is 1. The van der Waals surface area contributed by atoms with Crippen molar-refractivity contribution in [2.24, 2.45) is 5.73 Å². The molecule has 1 atom stereocenters. The van der Waals surface area contributed by atoms with Gasteiger partial charge in [0.15, 0.2) is 0 Å². The lowest BCUT2D eigenvalue weighted by atomic mass is 10.0. The van der Waals surface area contributed by atoms with Crippen LogP contribution in [-0.2, 0) is 22.6 Å². The van der Waals surface area contributed by atoms with Gasteiger partial charge in [-0.25, -0.2) is 0 Å². The number of aromatic nitrogens is 1. The minimum Gasteiger partial charge on any atom is -0.361 e. The van der Waals surface area contributed by atoms with E-state index in [1.165, 1.54) is 0 Å². The first-order valence-electron chi connectivity index (χ1n) is 11.7. The number of hydrogen-bond donors (Lipinski definition) is 3. The Morgan fingerprint density at radius 1 is 0.972 bits per heavy atom. The molecule has 4 aromatic rings. The Kier molecular flexibility index (Phi) is 10.1. The fourth-order valence-electron chi connectivity index (χ4n) is 4.24. The molecule has 0 aliphatic rings. The summed E-state index contributed by atoms with van der Waals surface area (Å²) in [6.07, 6.45) is 2.76. The average Bonchev–Trinajstić information content (AvgIpc) is 3.30. The van der Waals surface area contributed by atoms with Gasteiger partial charge in [-0.15, -0.1) is 12.4 Å². The van der Waals surface area contributed by atoms with Gasteiger partial charge in [0, 0.05) is 47.6 Å². The molecule has 0 aliphatic carbocycles. The Bertz CT molecular complexity index is 1280. The van der Waals surface area contributed by atoms with Gasteiger partial charge >= 0.3 is 0 Å². The molecule has 188 valence electrons. The van der Waals surface area contributed by atoms with E-state index in [4.69, 9.17) is 5.73 Å². The van der Waals surface area contributed by atoms with Gasteiger partial charge in [-0.2, -0.15) is 0 Å². The molecule has 0 aliphatic heterocycles. The Labute approximate surface area is 225 Å². The molecule has 0 radical (unpaired) electrons. The van der Waals surface area contributed by atoms with Crippen LogP contribution in [0.25, 0.3) is 10.9 Å². The highest BCUT2D eigenvalue weighted by Crippen LogP contribution is 2.26. The summed E-state index contributed by atoms with van der Waals surface area (Å²) in [6, 6.07) is 24.6. The van der Waals surface area contributed by atoms with Gasteiger partial charge in [0.1, 0.15) is 6.04 Å². The molecule has 36 heavy (non-hydrogen) atoms. The number of nitrogens with one attached hydrogen (secondary N) is 2. The van der Waals surface area contributed by atoms with Crippen molar-refractivity contribution in [1.82, 2.24) is 15.2 Å². The maximum atomic E-state index is 13.6. The summed E-state index contributed by atoms with van der Waals surface area (Å²) in [5.74, 6) is -0.365. The van der Waals surface area contributed by atoms with Crippen LogP contribution in [-0.4, -0.2) is 34.8 Å². The van der Waals surface area contributed by atoms with Crippen LogP contribution in [0.1, 0.15) is 29.2 Å². The second-order valence-electron chi connectivity index (χ2n) is 8.39. The lowest BCUT2D eigenvalue weighted by Gasteiger charge is -2.31. The van der Waals surface area contributed by atoms with Crippen molar-refractivity contribution in [3.63, 3.8) is 0 Å². The highest BCUT2D eigenvalue weighted by molar-refractivity contribution is 9.10. The third-order valence-electron chi connectivity index (χ3n) is 6.03. The van der Waals surface area contributed by atoms with E-state index in [-0.39, 0.29) is 37.2 Å². The summed E-state index contributed by atoms with van der Waals surface area (Å²) >= 11 is 3.46. The SMILES string of the molecule is Cl.NCCC(=O)N(CCc1c[nH]c2ccccc12)C(C(=O)NCc1ccccc1)c1ccc(Br)cc1. The monoisotopic (exact) mass is 568 g/mol. The van der Waals surface area contributed by atoms with Gasteiger partial charge in [-0.1, -0.05) is 76.6 Å². The van der Waals surface area contributed by atoms with Crippen LogP contribution in [0, 0.1) is 0 Å². The fraction of sp³-hybridized carbons (Fsp3) is 0.214. The number of amides is 2. The molecule has 0 saturated carbocycles. The molecule has 0 fully saturated rings. The van der Waals surface area contributed by atoms with E-state index in [1.807, 2.05) is 79.0 Å². The van der Waals surface area contributed by atoms with Gasteiger partial charge in [0.25, 0.3) is 0 Å². The number of nitrogens with two attached hydrogens (primary N) is 1. The predicted octanol–water partition coefficient (Wildman–Crippen LogP) is 5.13. The minimum atomic E-state index is -0.768. The lowest BCUT2D eigenvalue weighted by Crippen LogP contribution is -2.45. The van der Waals surface area contributed by atoms with Crippen molar-refractivity contribution in [3.8, 4) is 0 Å². The van der Waals surface area contributed by atoms with Crippen LogP contribution in [0.15, 0.2) is 89.5 Å². The van der Waals surface area contributed by atoms with Crippen molar-refractivity contribution in [2.75, 3.05) is 13.1 Å². The van der Waals surface area contributed by atoms with Crippen molar-refractivity contribution >= 4 is 51.1 Å². The topological polar surface area (TPSA) is 91.2 Å². The van der Waals surface area contributed by atoms with E-state index in [1.54, 1.807) is 4.90 Å². The standard InChI is InChI=1S/C28H29BrN4O2.ClH/c29-23-12-10-21(11-13-23)27(28(35)32-18-20-6-2-1-3-7-20)33(26(34)14-16-30)17-15-22-19-31-25-9-5-4-8-24(22)25;/h1-13,19,27,31H,14-18,30H2,(H,32,35);1H. The smallest absolute Gasteiger partial charge is 0.247 e. The molecule has 4 N–H and O–H groups in total. The maximum Gasteiger partial charge on any atom is 0.247 e. The number of halogens is 2. The van der Waals surface area contributed by atoms with Crippen molar-refractivity contribution in [3.05, 3.63) is 106 Å². The van der Waals surface area contributed by atoms with Crippen LogP contribution < -0.4 is 11.1 Å². The van der Waals surface area contributed by atoms with E-state index >= 15 is 0 Å². The number of hydrogen-bond acceptors (Lipinski definition) is 3. The Morgan fingerprint density at radius 2 is 1.67 bits per heavy atom. The number of benzene rings is 3. The molecule has 0 bridgehead atoms. The molecule has 1 unspecified atom stereocenters. The van der Waals surface area contributed by atoms with E-state index in [0.717, 1.165) is 32.1 Å². The molecule has 1 aromatic heterocycles. The molecule has 0 spiro atoms. The van der Waals surface area contributed by atoms with Crippen LogP contribution in [0.3, 0.4) is 0 Å². The molecular formula is C28H30BrClN4O2. The normalized spacial score (nSPS) is 11.5. The molecular weight excluding hydrogens is 540 g/mol. The largest absolute Gasteiger partial charge is 0.361 e. The number of rotatable bonds is 10. The van der Waals surface area contributed by atoms with Crippen LogP contribution in [0.4, 0.5) is 0 Å². The van der Waals surface area contributed by atoms with Crippen LogP contribution in [0.5, 0.6) is 0 Å². The second kappa shape index (κ2) is 13.3. The highest BCUT2D eigenvalue weighted by atomic mass is 79.9. The van der Waals surface area contributed by atoms with Gasteiger partial charge in [0.2, 0.25) is 11.8 Å². The first-order valence-corrected chi connectivity index (χ1v) is 12.5. The first kappa shape index (κ1) is 27.5. The number of carbonyl (C=O) groups is 2. The zero-order valence-electron chi connectivity index (χ0n) is 19.8. The zero-order chi connectivity index (χ0) is 24.6. The van der Waals surface area contributed by atoms with E-state index in [0.29, 0.717) is 19.5 Å². The minimum absolute atomic E-state index is 0. The van der Waals surface area contributed by atoms with Crippen LogP contribution >= 0.6 is 28.3 Å². The zero-order valence-corrected chi connectivity index (χ0v) is 22.2. The molecule has 4 rings (SSSR count). The summed E-state index contributed by atoms with van der Waals surface area (Å²) in [6.45, 7) is 0.995. The van der Waals surface area contributed by atoms with Crippen molar-refractivity contribution < 1.29 is 9.59 Å². The molecule has 0 saturated heterocycles. The average molecular weight is 570 g/mol. The highest BCUT2D eigenvalue weighted by Gasteiger charge is 2.31. The second-order valence-corrected chi connectivity index (χ2v) is 9.31. The number of fused-ring (bicyclic) bond motifs is 1. The number of nitrogens with zero attached hydrogens (tertiary/aromatic N) is 1. The molecule has 6 nitrogen and oxygen atoms in total. The Hall–Kier alpha value is -3.13. The number of para-hydroxylation sites is 1. The third-order valence-corrected chi connectivity index (χ3v) is 6.56. The first-order chi connectivity index (χ1) is 17.1. The summed E-state index contributed by atoms with van der Waals surface area (Å²) in [7, 11) is 0. The van der Waals surface area contributed by atoms with Gasteiger partial charge in [-0.3, -0.25) is 9.59 Å². The Balaban J connectivity index is 0.00000361. The van der Waals surface area contributed by atoms with Gasteiger partial charge in [-0.05, 0) is 41.3 Å². The Morgan fingerprint density at radius 3 is 2.39 bits per heavy atom. The summed E-state index contributed by atoms with van der Waals surface area (Å²) in [4.78, 5) is 31.8. The molecule has 8 heteroatoms. The van der Waals surface area contributed by atoms with Gasteiger partial charge in [0.05, 0.1) is 0 Å². The van der Waals surface area contributed by atoms with Crippen molar-refractivity contribution in [1.29, 1.82) is 0 Å². The number of carbonyl (C=O) groups excluding carboxylic acids is 2. The fourth-order valence-corrected chi connectivity index (χ4v) is 4.51. The van der Waals surface area contributed by atoms with E-state index in [9.17, 15) is 9.59 Å². The quantitative estimate of drug-likeness (QED) is 0.247. The predicted molar refractivity (Wildman–Crippen MR) is 150 cm³/mol. The molecule has 2 amide bonds. The molecule has 3 aromatic carbocycles. The third kappa shape index (κ3) is 6.75. The lowest BCUT2D eigenvalue weighted by molar-refractivity contribution is -0.140. The van der Waals surface area contributed by atoms with Crippen molar-refractivity contribution in [2.45, 2.75) is 25.4 Å². The summed E-state index contributed by atoms with van der Waals surface area (Å²) < 4.78 is 0.906. The van der Waals surface area contributed by atoms with E-state index in [2.05, 4.69) is 32.3 Å². The number of aromatic amines is 1. The van der Waals surface area contributed by atoms with E-state index < -0.39 is 6.04 Å². The summed E-state index contributed by atoms with van der Waals surface area (Å²) in [5, 5.41) is 4.15. The van der Waals surface area contributed by atoms with Crippen LogP contribution in [0.2, 0.25) is 0 Å². The maximum absolute atomic E-state index is 13.6. The summed E-state index contributed by atoms with van der Waals surface area (Å²) in [5.41, 5.74) is 9.64. The van der Waals surface area contributed by atoms with Gasteiger partial charge < -0.3 is 20.9 Å². The molecule has 1 heterocycles.